The Kier molecular flexibility index (Phi) is 5.60. The Bertz CT molecular complexity index is 723. The number of aliphatic hydroxyl groups excluding tert-OH is 2. The monoisotopic (exact) mass is 367 g/mol. The maximum Gasteiger partial charge on any atom is 0.0745 e. The van der Waals surface area contributed by atoms with Gasteiger partial charge in [0, 0.05) is 38.3 Å². The number of ether oxygens (including phenoxy) is 1. The van der Waals surface area contributed by atoms with Crippen LogP contribution in [0.25, 0.3) is 0 Å². The van der Waals surface area contributed by atoms with Gasteiger partial charge in [0.2, 0.25) is 0 Å². The molecule has 27 heavy (non-hydrogen) atoms. The topological polar surface area (TPSA) is 52.9 Å². The van der Waals surface area contributed by atoms with Crippen LogP contribution in [-0.2, 0) is 11.3 Å². The Balaban J connectivity index is 1.27. The van der Waals surface area contributed by atoms with Gasteiger partial charge in [0.25, 0.3) is 0 Å². The first kappa shape index (κ1) is 18.6. The van der Waals surface area contributed by atoms with Crippen LogP contribution in [0.2, 0.25) is 0 Å². The van der Waals surface area contributed by atoms with Gasteiger partial charge in [-0.2, -0.15) is 0 Å². The van der Waals surface area contributed by atoms with Crippen LogP contribution in [0.1, 0.15) is 23.5 Å². The molecule has 2 aromatic rings. The predicted octanol–water partition coefficient (Wildman–Crippen LogP) is 2.66. The Hall–Kier alpha value is -1.72. The number of rotatable bonds is 8. The van der Waals surface area contributed by atoms with E-state index in [0.717, 1.165) is 26.1 Å². The van der Waals surface area contributed by atoms with Crippen molar-refractivity contribution in [3.8, 4) is 0 Å². The van der Waals surface area contributed by atoms with Gasteiger partial charge in [-0.15, -0.1) is 0 Å². The summed E-state index contributed by atoms with van der Waals surface area (Å²) in [5.74, 6) is 0.423. The summed E-state index contributed by atoms with van der Waals surface area (Å²) < 4.78 is 5.78. The maximum absolute atomic E-state index is 10.8. The van der Waals surface area contributed by atoms with E-state index in [2.05, 4.69) is 29.2 Å². The van der Waals surface area contributed by atoms with Crippen LogP contribution in [-0.4, -0.2) is 54.1 Å². The number of hydrogen-bond donors (Lipinski definition) is 2. The number of β-amino-alcohol motifs (C(OH)–C–C–N with tert-alkyl or cyclic N) is 1. The molecule has 2 aromatic carbocycles. The van der Waals surface area contributed by atoms with Gasteiger partial charge >= 0.3 is 0 Å². The molecule has 1 saturated heterocycles. The summed E-state index contributed by atoms with van der Waals surface area (Å²) in [4.78, 5) is 2.34. The molecule has 4 rings (SSSR count). The van der Waals surface area contributed by atoms with Gasteiger partial charge in [-0.25, -0.2) is 0 Å². The van der Waals surface area contributed by atoms with Crippen molar-refractivity contribution in [3.05, 3.63) is 71.8 Å². The van der Waals surface area contributed by atoms with Crippen molar-refractivity contribution in [2.75, 3.05) is 32.8 Å². The highest BCUT2D eigenvalue weighted by molar-refractivity contribution is 5.36. The molecule has 0 unspecified atom stereocenters. The lowest BCUT2D eigenvalue weighted by atomic mass is 9.95. The molecule has 4 nitrogen and oxygen atoms in total. The van der Waals surface area contributed by atoms with Crippen LogP contribution in [0.4, 0.5) is 0 Å². The molecular weight excluding hydrogens is 338 g/mol. The lowest BCUT2D eigenvalue weighted by Gasteiger charge is -2.16. The number of likely N-dealkylation sites (tertiary alicyclic amines) is 1. The van der Waals surface area contributed by atoms with Crippen LogP contribution in [0, 0.1) is 11.3 Å². The fourth-order valence-corrected chi connectivity index (χ4v) is 4.99. The van der Waals surface area contributed by atoms with Gasteiger partial charge in [0.15, 0.2) is 0 Å². The van der Waals surface area contributed by atoms with E-state index in [1.807, 2.05) is 36.4 Å². The highest BCUT2D eigenvalue weighted by Crippen LogP contribution is 2.68. The summed E-state index contributed by atoms with van der Waals surface area (Å²) in [5, 5.41) is 20.7. The molecule has 1 heterocycles. The lowest BCUT2D eigenvalue weighted by molar-refractivity contribution is 0.105. The van der Waals surface area contributed by atoms with Crippen LogP contribution < -0.4 is 0 Å². The fraction of sp³-hybridized carbons (Fsp3) is 0.478. The minimum absolute atomic E-state index is 0.143. The van der Waals surface area contributed by atoms with E-state index in [-0.39, 0.29) is 30.0 Å². The van der Waals surface area contributed by atoms with Crippen molar-refractivity contribution < 1.29 is 14.9 Å². The largest absolute Gasteiger partial charge is 0.396 e. The summed E-state index contributed by atoms with van der Waals surface area (Å²) in [6.45, 7) is 3.99. The molecule has 0 radical (unpaired) electrons. The second-order valence-electron chi connectivity index (χ2n) is 7.93. The standard InChI is InChI=1S/C23H29NO3/c25-15-20-22(19-10-5-2-6-11-19)23(20)17-24(14-21(23)26)12-7-13-27-16-18-8-3-1-4-9-18/h1-6,8-11,20-22,25-26H,7,12-17H2/t20-,21+,22-,23-/m1/s1. The van der Waals surface area contributed by atoms with Crippen LogP contribution >= 0.6 is 0 Å². The maximum atomic E-state index is 10.8. The van der Waals surface area contributed by atoms with E-state index >= 15 is 0 Å². The molecule has 1 aliphatic heterocycles. The van der Waals surface area contributed by atoms with Gasteiger partial charge in [-0.1, -0.05) is 60.7 Å². The van der Waals surface area contributed by atoms with Crippen molar-refractivity contribution in [1.29, 1.82) is 0 Å². The van der Waals surface area contributed by atoms with Crippen molar-refractivity contribution in [3.63, 3.8) is 0 Å². The van der Waals surface area contributed by atoms with Gasteiger partial charge < -0.3 is 14.9 Å². The quantitative estimate of drug-likeness (QED) is 0.705. The molecule has 0 aromatic heterocycles. The number of aliphatic hydroxyl groups is 2. The van der Waals surface area contributed by atoms with E-state index < -0.39 is 0 Å². The summed E-state index contributed by atoms with van der Waals surface area (Å²) >= 11 is 0. The Morgan fingerprint density at radius 3 is 2.44 bits per heavy atom. The average molecular weight is 367 g/mol. The molecule has 144 valence electrons. The number of nitrogens with zero attached hydrogens (tertiary/aromatic N) is 1. The zero-order valence-electron chi connectivity index (χ0n) is 15.7. The summed E-state index contributed by atoms with van der Waals surface area (Å²) in [6.07, 6.45) is 0.584. The van der Waals surface area contributed by atoms with Crippen molar-refractivity contribution in [2.45, 2.75) is 25.0 Å². The first-order valence-electron chi connectivity index (χ1n) is 9.93. The normalized spacial score (nSPS) is 30.1. The third kappa shape index (κ3) is 3.67. The molecule has 1 saturated carbocycles. The zero-order valence-corrected chi connectivity index (χ0v) is 15.7. The molecule has 0 bridgehead atoms. The second kappa shape index (κ2) is 8.11. The minimum atomic E-state index is -0.370. The van der Waals surface area contributed by atoms with Gasteiger partial charge in [0.05, 0.1) is 12.7 Å². The first-order valence-corrected chi connectivity index (χ1v) is 9.93. The van der Waals surface area contributed by atoms with Crippen molar-refractivity contribution >= 4 is 0 Å². The third-order valence-corrected chi connectivity index (χ3v) is 6.34. The highest BCUT2D eigenvalue weighted by Gasteiger charge is 2.70. The minimum Gasteiger partial charge on any atom is -0.396 e. The summed E-state index contributed by atoms with van der Waals surface area (Å²) in [6, 6.07) is 20.6. The average Bonchev–Trinajstić information content (AvgIpc) is 3.25. The predicted molar refractivity (Wildman–Crippen MR) is 105 cm³/mol. The summed E-state index contributed by atoms with van der Waals surface area (Å²) in [7, 11) is 0. The number of hydrogen-bond acceptors (Lipinski definition) is 4. The van der Waals surface area contributed by atoms with Gasteiger partial charge in [-0.3, -0.25) is 4.90 Å². The fourth-order valence-electron chi connectivity index (χ4n) is 4.99. The third-order valence-electron chi connectivity index (χ3n) is 6.34. The van der Waals surface area contributed by atoms with Crippen LogP contribution in [0.15, 0.2) is 60.7 Å². The molecule has 1 spiro atoms. The van der Waals surface area contributed by atoms with Gasteiger partial charge in [0.1, 0.15) is 0 Å². The van der Waals surface area contributed by atoms with Gasteiger partial charge in [-0.05, 0) is 29.4 Å². The zero-order chi connectivity index (χ0) is 18.7. The van der Waals surface area contributed by atoms with E-state index in [9.17, 15) is 10.2 Å². The van der Waals surface area contributed by atoms with Crippen LogP contribution in [0.5, 0.6) is 0 Å². The van der Waals surface area contributed by atoms with Crippen molar-refractivity contribution in [1.82, 2.24) is 4.90 Å². The molecule has 4 atom stereocenters. The molecule has 1 aliphatic carbocycles. The molecule has 2 N–H and O–H groups in total. The molecule has 2 fully saturated rings. The smallest absolute Gasteiger partial charge is 0.0745 e. The number of benzene rings is 2. The Morgan fingerprint density at radius 1 is 1.04 bits per heavy atom. The first-order chi connectivity index (χ1) is 13.3. The molecular formula is C23H29NO3. The van der Waals surface area contributed by atoms with Crippen LogP contribution in [0.3, 0.4) is 0 Å². The second-order valence-corrected chi connectivity index (χ2v) is 7.93. The van der Waals surface area contributed by atoms with E-state index in [1.165, 1.54) is 11.1 Å². The Morgan fingerprint density at radius 2 is 1.74 bits per heavy atom. The van der Waals surface area contributed by atoms with E-state index in [0.29, 0.717) is 13.2 Å². The van der Waals surface area contributed by atoms with E-state index in [4.69, 9.17) is 4.74 Å². The summed E-state index contributed by atoms with van der Waals surface area (Å²) in [5.41, 5.74) is 2.26. The highest BCUT2D eigenvalue weighted by atomic mass is 16.5. The SMILES string of the molecule is OC[C@@H]1[C@@H](c2ccccc2)[C@]12CN(CCCOCc1ccccc1)C[C@@H]2O. The molecule has 4 heteroatoms. The lowest BCUT2D eigenvalue weighted by Crippen LogP contribution is -2.24. The van der Waals surface area contributed by atoms with Crippen molar-refractivity contribution in [2.24, 2.45) is 11.3 Å². The van der Waals surface area contributed by atoms with E-state index in [1.54, 1.807) is 0 Å². The Labute approximate surface area is 161 Å². The molecule has 2 aliphatic rings. The molecule has 0 amide bonds.